The van der Waals surface area contributed by atoms with Crippen molar-refractivity contribution in [3.05, 3.63) is 81.3 Å². The monoisotopic (exact) mass is 402 g/mol. The molecule has 6 heteroatoms. The quantitative estimate of drug-likeness (QED) is 0.534. The Morgan fingerprint density at radius 3 is 2.88 bits per heavy atom. The van der Waals surface area contributed by atoms with Gasteiger partial charge in [0.1, 0.15) is 0 Å². The van der Waals surface area contributed by atoms with Gasteiger partial charge in [0, 0.05) is 27.1 Å². The number of thiazole rings is 1. The molecular formula is C20H19ClN2OS2. The molecule has 1 heterocycles. The van der Waals surface area contributed by atoms with E-state index >= 15 is 0 Å². The van der Waals surface area contributed by atoms with Gasteiger partial charge in [-0.15, -0.1) is 23.1 Å². The molecule has 1 amide bonds. The van der Waals surface area contributed by atoms with Crippen molar-refractivity contribution in [1.29, 1.82) is 0 Å². The molecular weight excluding hydrogens is 384 g/mol. The van der Waals surface area contributed by atoms with E-state index in [1.54, 1.807) is 23.1 Å². The number of aromatic nitrogens is 1. The molecule has 0 radical (unpaired) electrons. The van der Waals surface area contributed by atoms with E-state index in [0.29, 0.717) is 10.6 Å². The molecule has 3 nitrogen and oxygen atoms in total. The van der Waals surface area contributed by atoms with Crippen molar-refractivity contribution in [1.82, 2.24) is 10.3 Å². The van der Waals surface area contributed by atoms with E-state index in [2.05, 4.69) is 10.3 Å². The van der Waals surface area contributed by atoms with E-state index in [0.717, 1.165) is 28.3 Å². The Kier molecular flexibility index (Phi) is 6.72. The molecule has 0 aliphatic rings. The van der Waals surface area contributed by atoms with Crippen LogP contribution in [0.4, 0.5) is 0 Å². The van der Waals surface area contributed by atoms with E-state index in [4.69, 9.17) is 11.6 Å². The van der Waals surface area contributed by atoms with Gasteiger partial charge in [-0.05, 0) is 43.2 Å². The van der Waals surface area contributed by atoms with Crippen LogP contribution in [0.15, 0.2) is 64.3 Å². The molecule has 1 atom stereocenters. The zero-order valence-corrected chi connectivity index (χ0v) is 16.7. The summed E-state index contributed by atoms with van der Waals surface area (Å²) in [5.74, 6) is 0.701. The number of rotatable bonds is 7. The van der Waals surface area contributed by atoms with Gasteiger partial charge in [-0.2, -0.15) is 0 Å². The van der Waals surface area contributed by atoms with Crippen molar-refractivity contribution < 1.29 is 4.79 Å². The van der Waals surface area contributed by atoms with E-state index < -0.39 is 0 Å². The Hall–Kier alpha value is -1.82. The summed E-state index contributed by atoms with van der Waals surface area (Å²) in [4.78, 5) is 18.0. The van der Waals surface area contributed by atoms with Crippen LogP contribution in [-0.4, -0.2) is 16.9 Å². The summed E-state index contributed by atoms with van der Waals surface area (Å²) in [7, 11) is 0. The van der Waals surface area contributed by atoms with Crippen LogP contribution in [0.2, 0.25) is 5.02 Å². The van der Waals surface area contributed by atoms with Crippen LogP contribution in [0.3, 0.4) is 0 Å². The highest BCUT2D eigenvalue weighted by atomic mass is 35.5. The van der Waals surface area contributed by atoms with Gasteiger partial charge in [0.2, 0.25) is 0 Å². The van der Waals surface area contributed by atoms with Gasteiger partial charge < -0.3 is 5.32 Å². The van der Waals surface area contributed by atoms with Crippen LogP contribution in [0, 0.1) is 0 Å². The molecule has 0 aliphatic heterocycles. The smallest absolute Gasteiger partial charge is 0.252 e. The van der Waals surface area contributed by atoms with E-state index in [9.17, 15) is 4.79 Å². The maximum absolute atomic E-state index is 12.7. The molecule has 26 heavy (non-hydrogen) atoms. The Morgan fingerprint density at radius 1 is 1.27 bits per heavy atom. The van der Waals surface area contributed by atoms with Crippen molar-refractivity contribution in [2.75, 3.05) is 0 Å². The van der Waals surface area contributed by atoms with Gasteiger partial charge in [0.15, 0.2) is 0 Å². The summed E-state index contributed by atoms with van der Waals surface area (Å²) in [6.45, 7) is 2.00. The second-order valence-electron chi connectivity index (χ2n) is 5.97. The van der Waals surface area contributed by atoms with Crippen molar-refractivity contribution in [3.63, 3.8) is 0 Å². The molecule has 0 spiro atoms. The average Bonchev–Trinajstić information content (AvgIpc) is 3.13. The maximum Gasteiger partial charge on any atom is 0.252 e. The number of amides is 1. The normalized spacial score (nSPS) is 11.9. The molecule has 0 aliphatic carbocycles. The van der Waals surface area contributed by atoms with Gasteiger partial charge >= 0.3 is 0 Å². The fraction of sp³-hybridized carbons (Fsp3) is 0.200. The Bertz CT molecular complexity index is 868. The number of hydrogen-bond donors (Lipinski definition) is 1. The van der Waals surface area contributed by atoms with E-state index in [1.807, 2.05) is 66.3 Å². The predicted octanol–water partition coefficient (Wildman–Crippen LogP) is 5.45. The first-order chi connectivity index (χ1) is 12.6. The Labute approximate surface area is 166 Å². The fourth-order valence-electron chi connectivity index (χ4n) is 2.61. The fourth-order valence-corrected chi connectivity index (χ4v) is 4.44. The summed E-state index contributed by atoms with van der Waals surface area (Å²) in [5, 5.41) is 5.83. The number of halogens is 1. The maximum atomic E-state index is 12.7. The minimum absolute atomic E-state index is 0.0116. The second-order valence-corrected chi connectivity index (χ2v) is 8.15. The summed E-state index contributed by atoms with van der Waals surface area (Å²) < 4.78 is 0. The number of thioether (sulfide) groups is 1. The van der Waals surface area contributed by atoms with Crippen LogP contribution < -0.4 is 5.32 Å². The molecule has 0 bridgehead atoms. The number of hydrogen-bond acceptors (Lipinski definition) is 4. The van der Waals surface area contributed by atoms with Crippen molar-refractivity contribution in [2.24, 2.45) is 0 Å². The summed E-state index contributed by atoms with van der Waals surface area (Å²) in [6.07, 6.45) is 0.737. The molecule has 2 aromatic carbocycles. The van der Waals surface area contributed by atoms with Gasteiger partial charge in [0.25, 0.3) is 5.91 Å². The highest BCUT2D eigenvalue weighted by Crippen LogP contribution is 2.26. The van der Waals surface area contributed by atoms with Crippen LogP contribution in [-0.2, 0) is 12.2 Å². The van der Waals surface area contributed by atoms with Gasteiger partial charge in [-0.25, -0.2) is 4.98 Å². The molecule has 1 N–H and O–H groups in total. The Balaban J connectivity index is 1.63. The second kappa shape index (κ2) is 9.21. The van der Waals surface area contributed by atoms with Crippen LogP contribution >= 0.6 is 34.7 Å². The zero-order valence-electron chi connectivity index (χ0n) is 14.3. The molecule has 3 rings (SSSR count). The summed E-state index contributed by atoms with van der Waals surface area (Å²) in [6, 6.07) is 15.4. The number of nitrogens with one attached hydrogen (secondary N) is 1. The molecule has 1 aromatic heterocycles. The minimum atomic E-state index is -0.0547. The van der Waals surface area contributed by atoms with Crippen LogP contribution in [0.25, 0.3) is 0 Å². The van der Waals surface area contributed by atoms with E-state index in [-0.39, 0.29) is 11.9 Å². The molecule has 0 saturated carbocycles. The Morgan fingerprint density at radius 2 is 2.12 bits per heavy atom. The first-order valence-corrected chi connectivity index (χ1v) is 10.6. The minimum Gasteiger partial charge on any atom is -0.349 e. The highest BCUT2D eigenvalue weighted by Gasteiger charge is 2.14. The summed E-state index contributed by atoms with van der Waals surface area (Å²) in [5.41, 5.74) is 4.66. The van der Waals surface area contributed by atoms with Gasteiger partial charge in [-0.1, -0.05) is 35.9 Å². The third-order valence-corrected chi connectivity index (χ3v) is 5.78. The first-order valence-electron chi connectivity index (χ1n) is 8.26. The third kappa shape index (κ3) is 5.34. The van der Waals surface area contributed by atoms with Gasteiger partial charge in [0.05, 0.1) is 16.8 Å². The predicted molar refractivity (Wildman–Crippen MR) is 110 cm³/mol. The molecule has 0 saturated heterocycles. The van der Waals surface area contributed by atoms with Crippen LogP contribution in [0.5, 0.6) is 0 Å². The lowest BCUT2D eigenvalue weighted by molar-refractivity contribution is 0.0937. The largest absolute Gasteiger partial charge is 0.349 e. The van der Waals surface area contributed by atoms with Crippen LogP contribution in [0.1, 0.15) is 28.5 Å². The lowest BCUT2D eigenvalue weighted by atomic mass is 10.1. The van der Waals surface area contributed by atoms with Gasteiger partial charge in [-0.3, -0.25) is 4.79 Å². The summed E-state index contributed by atoms with van der Waals surface area (Å²) >= 11 is 9.25. The first kappa shape index (κ1) is 19.0. The topological polar surface area (TPSA) is 42.0 Å². The van der Waals surface area contributed by atoms with Crippen molar-refractivity contribution >= 4 is 40.6 Å². The SMILES string of the molecule is CC(Cc1cccc(Cl)c1)NC(=O)c1ccccc1SCc1cscn1. The number of carbonyl (C=O) groups excluding carboxylic acids is 1. The van der Waals surface area contributed by atoms with E-state index in [1.165, 1.54) is 0 Å². The molecule has 0 fully saturated rings. The molecule has 134 valence electrons. The number of carbonyl (C=O) groups is 1. The lowest BCUT2D eigenvalue weighted by Crippen LogP contribution is -2.34. The zero-order chi connectivity index (χ0) is 18.4. The highest BCUT2D eigenvalue weighted by molar-refractivity contribution is 7.98. The third-order valence-electron chi connectivity index (χ3n) is 3.80. The molecule has 3 aromatic rings. The van der Waals surface area contributed by atoms with Crippen molar-refractivity contribution in [2.45, 2.75) is 30.0 Å². The lowest BCUT2D eigenvalue weighted by Gasteiger charge is -2.16. The standard InChI is InChI=1S/C20H19ClN2OS2/c1-14(9-15-5-4-6-16(21)10-15)23-20(24)18-7-2-3-8-19(18)26-12-17-11-25-13-22-17/h2-8,10-11,13-14H,9,12H2,1H3,(H,23,24). The number of benzene rings is 2. The molecule has 1 unspecified atom stereocenters. The number of nitrogens with zero attached hydrogens (tertiary/aromatic N) is 1. The van der Waals surface area contributed by atoms with Crippen molar-refractivity contribution in [3.8, 4) is 0 Å². The average molecular weight is 403 g/mol.